The Balaban J connectivity index is 1.83. The van der Waals surface area contributed by atoms with Crippen LogP contribution in [0.15, 0.2) is 24.3 Å². The molecule has 11 heteroatoms. The third kappa shape index (κ3) is 6.17. The SMILES string of the molecule is N[C@@H](CCCCB(O)O)c1nnnn1CC(=O)NCc1ccccc1F. The molecule has 0 fully saturated rings. The van der Waals surface area contributed by atoms with Crippen LogP contribution in [0.2, 0.25) is 6.32 Å². The first-order chi connectivity index (χ1) is 12.5. The number of carbonyl (C=O) groups excluding carboxylic acids is 1. The van der Waals surface area contributed by atoms with E-state index in [1.54, 1.807) is 18.2 Å². The van der Waals surface area contributed by atoms with Gasteiger partial charge in [0.25, 0.3) is 0 Å². The van der Waals surface area contributed by atoms with Crippen LogP contribution in [0.25, 0.3) is 0 Å². The van der Waals surface area contributed by atoms with Gasteiger partial charge in [0, 0.05) is 12.1 Å². The van der Waals surface area contributed by atoms with Gasteiger partial charge in [-0.3, -0.25) is 4.79 Å². The zero-order valence-corrected chi connectivity index (χ0v) is 14.3. The van der Waals surface area contributed by atoms with Crippen molar-refractivity contribution in [2.75, 3.05) is 0 Å². The normalized spacial score (nSPS) is 12.0. The summed E-state index contributed by atoms with van der Waals surface area (Å²) >= 11 is 0. The monoisotopic (exact) mass is 364 g/mol. The average Bonchev–Trinajstić information content (AvgIpc) is 3.06. The number of hydrogen-bond donors (Lipinski definition) is 4. The molecular weight excluding hydrogens is 342 g/mol. The van der Waals surface area contributed by atoms with Gasteiger partial charge in [-0.2, -0.15) is 0 Å². The third-order valence-corrected chi connectivity index (χ3v) is 3.85. The van der Waals surface area contributed by atoms with Crippen molar-refractivity contribution in [1.82, 2.24) is 25.5 Å². The van der Waals surface area contributed by atoms with E-state index in [2.05, 4.69) is 20.8 Å². The Kier molecular flexibility index (Phi) is 7.63. The molecule has 1 aromatic heterocycles. The molecule has 0 saturated carbocycles. The number of carbonyl (C=O) groups is 1. The first kappa shape index (κ1) is 20.0. The van der Waals surface area contributed by atoms with Crippen molar-refractivity contribution in [2.45, 2.75) is 44.7 Å². The molecule has 2 aromatic rings. The number of nitrogens with zero attached hydrogens (tertiary/aromatic N) is 4. The van der Waals surface area contributed by atoms with E-state index >= 15 is 0 Å². The van der Waals surface area contributed by atoms with Gasteiger partial charge in [0.05, 0.1) is 6.04 Å². The second-order valence-corrected chi connectivity index (χ2v) is 5.93. The Morgan fingerprint density at radius 3 is 2.85 bits per heavy atom. The van der Waals surface area contributed by atoms with Crippen LogP contribution >= 0.6 is 0 Å². The van der Waals surface area contributed by atoms with Gasteiger partial charge >= 0.3 is 7.12 Å². The van der Waals surface area contributed by atoms with Crippen molar-refractivity contribution in [2.24, 2.45) is 5.73 Å². The first-order valence-electron chi connectivity index (χ1n) is 8.35. The van der Waals surface area contributed by atoms with E-state index in [1.165, 1.54) is 10.7 Å². The summed E-state index contributed by atoms with van der Waals surface area (Å²) in [5, 5.41) is 31.4. The molecular formula is C15H22BFN6O3. The molecule has 0 aliphatic rings. The number of halogens is 1. The van der Waals surface area contributed by atoms with E-state index in [9.17, 15) is 9.18 Å². The minimum absolute atomic E-state index is 0.0680. The van der Waals surface area contributed by atoms with Crippen LogP contribution in [0, 0.1) is 5.82 Å². The summed E-state index contributed by atoms with van der Waals surface area (Å²) in [4.78, 5) is 12.1. The molecule has 0 radical (unpaired) electrons. The van der Waals surface area contributed by atoms with Crippen molar-refractivity contribution in [3.63, 3.8) is 0 Å². The van der Waals surface area contributed by atoms with Crippen LogP contribution in [0.1, 0.15) is 36.7 Å². The molecule has 9 nitrogen and oxygen atoms in total. The third-order valence-electron chi connectivity index (χ3n) is 3.85. The molecule has 0 saturated heterocycles. The van der Waals surface area contributed by atoms with Crippen molar-refractivity contribution in [3.8, 4) is 0 Å². The van der Waals surface area contributed by atoms with E-state index in [4.69, 9.17) is 15.8 Å². The molecule has 0 spiro atoms. The number of rotatable bonds is 10. The maximum absolute atomic E-state index is 13.5. The Labute approximate surface area is 150 Å². The molecule has 1 aromatic carbocycles. The van der Waals surface area contributed by atoms with E-state index in [0.29, 0.717) is 30.7 Å². The van der Waals surface area contributed by atoms with Crippen LogP contribution in [-0.4, -0.2) is 43.3 Å². The van der Waals surface area contributed by atoms with E-state index in [-0.39, 0.29) is 31.1 Å². The Morgan fingerprint density at radius 2 is 2.12 bits per heavy atom. The van der Waals surface area contributed by atoms with Gasteiger partial charge in [0.2, 0.25) is 5.91 Å². The number of tetrazole rings is 1. The quantitative estimate of drug-likeness (QED) is 0.337. The fourth-order valence-electron chi connectivity index (χ4n) is 2.44. The van der Waals surface area contributed by atoms with Gasteiger partial charge < -0.3 is 21.1 Å². The maximum atomic E-state index is 13.5. The van der Waals surface area contributed by atoms with Gasteiger partial charge in [-0.25, -0.2) is 9.07 Å². The summed E-state index contributed by atoms with van der Waals surface area (Å²) in [5.41, 5.74) is 6.44. The molecule has 140 valence electrons. The van der Waals surface area contributed by atoms with Gasteiger partial charge in [-0.1, -0.05) is 31.0 Å². The van der Waals surface area contributed by atoms with Crippen LogP contribution in [0.4, 0.5) is 4.39 Å². The van der Waals surface area contributed by atoms with E-state index in [0.717, 1.165) is 0 Å². The molecule has 0 unspecified atom stereocenters. The Morgan fingerprint density at radius 1 is 1.35 bits per heavy atom. The van der Waals surface area contributed by atoms with Crippen LogP contribution < -0.4 is 11.1 Å². The largest absolute Gasteiger partial charge is 0.451 e. The number of amides is 1. The highest BCUT2D eigenvalue weighted by atomic mass is 19.1. The molecule has 0 aliphatic carbocycles. The van der Waals surface area contributed by atoms with Gasteiger partial charge in [-0.05, 0) is 29.2 Å². The predicted octanol–water partition coefficient (Wildman–Crippen LogP) is -0.229. The van der Waals surface area contributed by atoms with Crippen LogP contribution in [-0.2, 0) is 17.9 Å². The highest BCUT2D eigenvalue weighted by molar-refractivity contribution is 6.40. The number of nitrogens with two attached hydrogens (primary N) is 1. The molecule has 1 heterocycles. The molecule has 5 N–H and O–H groups in total. The summed E-state index contributed by atoms with van der Waals surface area (Å²) in [5.74, 6) is -0.376. The molecule has 2 rings (SSSR count). The lowest BCUT2D eigenvalue weighted by atomic mass is 9.83. The molecule has 0 bridgehead atoms. The topological polar surface area (TPSA) is 139 Å². The highest BCUT2D eigenvalue weighted by Gasteiger charge is 2.17. The van der Waals surface area contributed by atoms with Crippen molar-refractivity contribution in [3.05, 3.63) is 41.5 Å². The summed E-state index contributed by atoms with van der Waals surface area (Å²) in [7, 11) is -1.32. The van der Waals surface area contributed by atoms with Crippen molar-refractivity contribution < 1.29 is 19.2 Å². The second kappa shape index (κ2) is 9.95. The van der Waals surface area contributed by atoms with Gasteiger partial charge in [-0.15, -0.1) is 5.10 Å². The number of benzene rings is 1. The lowest BCUT2D eigenvalue weighted by Crippen LogP contribution is -2.29. The first-order valence-corrected chi connectivity index (χ1v) is 8.35. The molecule has 26 heavy (non-hydrogen) atoms. The van der Waals surface area contributed by atoms with Crippen molar-refractivity contribution >= 4 is 13.0 Å². The summed E-state index contributed by atoms with van der Waals surface area (Å²) in [6, 6.07) is 5.72. The van der Waals surface area contributed by atoms with Crippen molar-refractivity contribution in [1.29, 1.82) is 0 Å². The predicted molar refractivity (Wildman–Crippen MR) is 91.8 cm³/mol. The zero-order chi connectivity index (χ0) is 18.9. The fraction of sp³-hybridized carbons (Fsp3) is 0.467. The van der Waals surface area contributed by atoms with Gasteiger partial charge in [0.1, 0.15) is 12.4 Å². The average molecular weight is 364 g/mol. The van der Waals surface area contributed by atoms with E-state index < -0.39 is 13.2 Å². The molecule has 0 aliphatic heterocycles. The Hall–Kier alpha value is -2.37. The summed E-state index contributed by atoms with van der Waals surface area (Å²) < 4.78 is 14.9. The van der Waals surface area contributed by atoms with Crippen LogP contribution in [0.3, 0.4) is 0 Å². The Bertz CT molecular complexity index is 714. The zero-order valence-electron chi connectivity index (χ0n) is 14.3. The highest BCUT2D eigenvalue weighted by Crippen LogP contribution is 2.15. The van der Waals surface area contributed by atoms with Gasteiger partial charge in [0.15, 0.2) is 5.82 Å². The number of nitrogens with one attached hydrogen (secondary N) is 1. The minimum Gasteiger partial charge on any atom is -0.427 e. The standard InChI is InChI=1S/C15H22BFN6O3/c17-12-6-2-1-5-11(12)9-19-14(24)10-23-15(20-21-22-23)13(18)7-3-4-8-16(25)26/h1-2,5-6,13,25-26H,3-4,7-10,18H2,(H,19,24)/t13-/m0/s1. The maximum Gasteiger partial charge on any atom is 0.451 e. The summed E-state index contributed by atoms with van der Waals surface area (Å²) in [6.07, 6.45) is 2.10. The summed E-state index contributed by atoms with van der Waals surface area (Å²) in [6.45, 7) is -0.0572. The lowest BCUT2D eigenvalue weighted by molar-refractivity contribution is -0.122. The minimum atomic E-state index is -1.32. The number of hydrogen-bond acceptors (Lipinski definition) is 7. The second-order valence-electron chi connectivity index (χ2n) is 5.93. The molecule has 1 atom stereocenters. The molecule has 1 amide bonds. The number of aromatic nitrogens is 4. The lowest BCUT2D eigenvalue weighted by Gasteiger charge is -2.12. The number of unbranched alkanes of at least 4 members (excludes halogenated alkanes) is 1. The fourth-order valence-corrected chi connectivity index (χ4v) is 2.44. The van der Waals surface area contributed by atoms with E-state index in [1.807, 2.05) is 0 Å². The van der Waals surface area contributed by atoms with Crippen LogP contribution in [0.5, 0.6) is 0 Å². The smallest absolute Gasteiger partial charge is 0.427 e.